The Morgan fingerprint density at radius 3 is 2.60 bits per heavy atom. The smallest absolute Gasteiger partial charge is 0.220 e. The van der Waals surface area contributed by atoms with Crippen molar-refractivity contribution in [3.8, 4) is 0 Å². The van der Waals surface area contributed by atoms with Crippen LogP contribution in [0.2, 0.25) is 0 Å². The summed E-state index contributed by atoms with van der Waals surface area (Å²) < 4.78 is 0. The molecule has 0 aromatic heterocycles. The molecule has 1 aromatic carbocycles. The molecule has 0 fully saturated rings. The van der Waals surface area contributed by atoms with Crippen LogP contribution in [0.15, 0.2) is 30.3 Å². The second kappa shape index (κ2) is 6.23. The maximum atomic E-state index is 11.5. The van der Waals surface area contributed by atoms with Crippen LogP contribution in [0.3, 0.4) is 0 Å². The molecule has 1 aromatic rings. The standard InChI is InChI=1S/C13H19NO/c1-3-4-10-13(15)14-11(2)12-8-6-5-7-9-12/h5-9,11H,3-4,10H2,1-2H3,(H,14,15). The molecule has 1 rings (SSSR count). The Morgan fingerprint density at radius 2 is 2.00 bits per heavy atom. The molecule has 2 heteroatoms. The van der Waals surface area contributed by atoms with Crippen LogP contribution in [0, 0.1) is 0 Å². The fraction of sp³-hybridized carbons (Fsp3) is 0.462. The molecule has 0 saturated heterocycles. The minimum atomic E-state index is 0.107. The highest BCUT2D eigenvalue weighted by molar-refractivity contribution is 5.76. The summed E-state index contributed by atoms with van der Waals surface area (Å²) in [6, 6.07) is 10.1. The van der Waals surface area contributed by atoms with Gasteiger partial charge in [0.05, 0.1) is 6.04 Å². The van der Waals surface area contributed by atoms with Gasteiger partial charge < -0.3 is 5.32 Å². The minimum Gasteiger partial charge on any atom is -0.350 e. The van der Waals surface area contributed by atoms with Crippen LogP contribution in [0.25, 0.3) is 0 Å². The van der Waals surface area contributed by atoms with Gasteiger partial charge in [-0.15, -0.1) is 0 Å². The topological polar surface area (TPSA) is 29.1 Å². The average molecular weight is 205 g/mol. The second-order valence-corrected chi connectivity index (χ2v) is 3.80. The third kappa shape index (κ3) is 4.15. The van der Waals surface area contributed by atoms with Crippen LogP contribution in [0.1, 0.15) is 44.7 Å². The Labute approximate surface area is 91.7 Å². The van der Waals surface area contributed by atoms with E-state index in [1.165, 1.54) is 0 Å². The number of carbonyl (C=O) groups excluding carboxylic acids is 1. The molecule has 0 saturated carbocycles. The molecule has 0 aliphatic carbocycles. The van der Waals surface area contributed by atoms with Gasteiger partial charge in [-0.2, -0.15) is 0 Å². The van der Waals surface area contributed by atoms with E-state index in [0.717, 1.165) is 18.4 Å². The monoisotopic (exact) mass is 205 g/mol. The van der Waals surface area contributed by atoms with Crippen LogP contribution in [0.4, 0.5) is 0 Å². The lowest BCUT2D eigenvalue weighted by atomic mass is 10.1. The number of hydrogen-bond donors (Lipinski definition) is 1. The van der Waals surface area contributed by atoms with E-state index < -0.39 is 0 Å². The van der Waals surface area contributed by atoms with Crippen LogP contribution in [-0.4, -0.2) is 5.91 Å². The first kappa shape index (κ1) is 11.8. The number of amides is 1. The van der Waals surface area contributed by atoms with Crippen molar-refractivity contribution in [3.63, 3.8) is 0 Å². The van der Waals surface area contributed by atoms with Crippen molar-refractivity contribution in [1.29, 1.82) is 0 Å². The SMILES string of the molecule is CCCCC(=O)NC(C)c1ccccc1. The lowest BCUT2D eigenvalue weighted by Crippen LogP contribution is -2.26. The molecular formula is C13H19NO. The van der Waals surface area contributed by atoms with Gasteiger partial charge in [0.2, 0.25) is 5.91 Å². The Balaban J connectivity index is 2.42. The third-order valence-electron chi connectivity index (χ3n) is 2.43. The summed E-state index contributed by atoms with van der Waals surface area (Å²) in [6.07, 6.45) is 2.66. The second-order valence-electron chi connectivity index (χ2n) is 3.80. The summed E-state index contributed by atoms with van der Waals surface area (Å²) in [4.78, 5) is 11.5. The number of benzene rings is 1. The molecule has 15 heavy (non-hydrogen) atoms. The normalized spacial score (nSPS) is 12.1. The molecule has 0 bridgehead atoms. The van der Waals surface area contributed by atoms with Crippen LogP contribution < -0.4 is 5.32 Å². The lowest BCUT2D eigenvalue weighted by molar-refractivity contribution is -0.121. The van der Waals surface area contributed by atoms with Crippen molar-refractivity contribution < 1.29 is 4.79 Å². The van der Waals surface area contributed by atoms with Crippen LogP contribution in [0.5, 0.6) is 0 Å². The van der Waals surface area contributed by atoms with Crippen molar-refractivity contribution >= 4 is 5.91 Å². The van der Waals surface area contributed by atoms with Gasteiger partial charge in [-0.05, 0) is 18.9 Å². The minimum absolute atomic E-state index is 0.107. The molecule has 1 amide bonds. The van der Waals surface area contributed by atoms with E-state index in [9.17, 15) is 4.79 Å². The average Bonchev–Trinajstić information content (AvgIpc) is 2.27. The van der Waals surface area contributed by atoms with Crippen molar-refractivity contribution in [2.24, 2.45) is 0 Å². The Kier molecular flexibility index (Phi) is 4.88. The number of rotatable bonds is 5. The van der Waals surface area contributed by atoms with Crippen LogP contribution >= 0.6 is 0 Å². The zero-order valence-electron chi connectivity index (χ0n) is 9.49. The van der Waals surface area contributed by atoms with Gasteiger partial charge in [-0.1, -0.05) is 43.7 Å². The molecule has 0 aliphatic rings. The highest BCUT2D eigenvalue weighted by atomic mass is 16.1. The first-order chi connectivity index (χ1) is 7.24. The van der Waals surface area contributed by atoms with E-state index in [1.54, 1.807) is 0 Å². The fourth-order valence-electron chi connectivity index (χ4n) is 1.48. The summed E-state index contributed by atoms with van der Waals surface area (Å²) in [7, 11) is 0. The van der Waals surface area contributed by atoms with E-state index in [4.69, 9.17) is 0 Å². The predicted molar refractivity (Wildman–Crippen MR) is 62.5 cm³/mol. The lowest BCUT2D eigenvalue weighted by Gasteiger charge is -2.13. The molecule has 1 unspecified atom stereocenters. The van der Waals surface area contributed by atoms with Crippen molar-refractivity contribution in [1.82, 2.24) is 5.32 Å². The summed E-state index contributed by atoms with van der Waals surface area (Å²) in [6.45, 7) is 4.10. The zero-order chi connectivity index (χ0) is 11.1. The van der Waals surface area contributed by atoms with E-state index >= 15 is 0 Å². The largest absolute Gasteiger partial charge is 0.350 e. The number of unbranched alkanes of at least 4 members (excludes halogenated alkanes) is 1. The van der Waals surface area contributed by atoms with E-state index in [1.807, 2.05) is 37.3 Å². The molecule has 82 valence electrons. The molecule has 0 radical (unpaired) electrons. The maximum absolute atomic E-state index is 11.5. The number of hydrogen-bond acceptors (Lipinski definition) is 1. The Bertz CT molecular complexity index is 295. The summed E-state index contributed by atoms with van der Waals surface area (Å²) >= 11 is 0. The Morgan fingerprint density at radius 1 is 1.33 bits per heavy atom. The molecular weight excluding hydrogens is 186 g/mol. The molecule has 1 N–H and O–H groups in total. The van der Waals surface area contributed by atoms with E-state index in [-0.39, 0.29) is 11.9 Å². The quantitative estimate of drug-likeness (QED) is 0.786. The fourth-order valence-corrected chi connectivity index (χ4v) is 1.48. The van der Waals surface area contributed by atoms with E-state index in [0.29, 0.717) is 6.42 Å². The zero-order valence-corrected chi connectivity index (χ0v) is 9.49. The van der Waals surface area contributed by atoms with Crippen molar-refractivity contribution in [3.05, 3.63) is 35.9 Å². The van der Waals surface area contributed by atoms with Gasteiger partial charge in [0.25, 0.3) is 0 Å². The van der Waals surface area contributed by atoms with Crippen LogP contribution in [-0.2, 0) is 4.79 Å². The molecule has 0 spiro atoms. The third-order valence-corrected chi connectivity index (χ3v) is 2.43. The van der Waals surface area contributed by atoms with Gasteiger partial charge >= 0.3 is 0 Å². The molecule has 0 heterocycles. The van der Waals surface area contributed by atoms with Gasteiger partial charge in [0, 0.05) is 6.42 Å². The van der Waals surface area contributed by atoms with Gasteiger partial charge in [-0.25, -0.2) is 0 Å². The summed E-state index contributed by atoms with van der Waals surface area (Å²) in [5.74, 6) is 0.146. The molecule has 0 aliphatic heterocycles. The molecule has 2 nitrogen and oxygen atoms in total. The van der Waals surface area contributed by atoms with Gasteiger partial charge in [0.15, 0.2) is 0 Å². The first-order valence-electron chi connectivity index (χ1n) is 5.58. The van der Waals surface area contributed by atoms with Crippen molar-refractivity contribution in [2.45, 2.75) is 39.2 Å². The van der Waals surface area contributed by atoms with Crippen molar-refractivity contribution in [2.75, 3.05) is 0 Å². The summed E-state index contributed by atoms with van der Waals surface area (Å²) in [5, 5.41) is 2.99. The van der Waals surface area contributed by atoms with Gasteiger partial charge in [-0.3, -0.25) is 4.79 Å². The van der Waals surface area contributed by atoms with E-state index in [2.05, 4.69) is 12.2 Å². The highest BCUT2D eigenvalue weighted by Gasteiger charge is 2.07. The highest BCUT2D eigenvalue weighted by Crippen LogP contribution is 2.11. The predicted octanol–water partition coefficient (Wildman–Crippen LogP) is 3.05. The number of nitrogens with one attached hydrogen (secondary N) is 1. The first-order valence-corrected chi connectivity index (χ1v) is 5.58. The molecule has 1 atom stereocenters. The Hall–Kier alpha value is -1.31. The van der Waals surface area contributed by atoms with Gasteiger partial charge in [0.1, 0.15) is 0 Å². The maximum Gasteiger partial charge on any atom is 0.220 e. The summed E-state index contributed by atoms with van der Waals surface area (Å²) in [5.41, 5.74) is 1.15. The number of carbonyl (C=O) groups is 1.